The molecule has 0 atom stereocenters. The van der Waals surface area contributed by atoms with Crippen molar-refractivity contribution in [2.24, 2.45) is 5.14 Å². The van der Waals surface area contributed by atoms with Crippen LogP contribution in [0.25, 0.3) is 5.69 Å². The minimum Gasteiger partial charge on any atom is -0.324 e. The molecule has 6 nitrogen and oxygen atoms in total. The topological polar surface area (TPSA) is 94.2 Å². The van der Waals surface area contributed by atoms with Gasteiger partial charge in [-0.1, -0.05) is 12.1 Å². The first-order valence-electron chi connectivity index (χ1n) is 7.55. The summed E-state index contributed by atoms with van der Waals surface area (Å²) in [5, 5.41) is 7.79. The molecule has 0 radical (unpaired) electrons. The Morgan fingerprint density at radius 2 is 1.56 bits per heavy atom. The van der Waals surface area contributed by atoms with Gasteiger partial charge >= 0.3 is 0 Å². The van der Waals surface area contributed by atoms with Crippen LogP contribution >= 0.6 is 0 Å². The first-order valence-corrected chi connectivity index (χ1v) is 9.26. The van der Waals surface area contributed by atoms with Gasteiger partial charge in [-0.05, 0) is 54.1 Å². The van der Waals surface area contributed by atoms with Crippen molar-refractivity contribution in [3.63, 3.8) is 0 Å². The fourth-order valence-corrected chi connectivity index (χ4v) is 3.07. The van der Waals surface area contributed by atoms with E-state index in [4.69, 9.17) is 5.14 Å². The third-order valence-electron chi connectivity index (χ3n) is 3.61. The van der Waals surface area contributed by atoms with Crippen LogP contribution in [0.5, 0.6) is 0 Å². The van der Waals surface area contributed by atoms with E-state index in [-0.39, 0.29) is 11.7 Å². The maximum absolute atomic E-state index is 12.3. The predicted octanol–water partition coefficient (Wildman–Crippen LogP) is 2.52. The van der Waals surface area contributed by atoms with E-state index in [0.717, 1.165) is 5.69 Å². The number of primary sulfonamides is 1. The monoisotopic (exact) mass is 355 g/mol. The van der Waals surface area contributed by atoms with E-state index >= 15 is 0 Å². The van der Waals surface area contributed by atoms with Crippen LogP contribution in [0.4, 0.5) is 5.69 Å². The number of carbonyl (C=O) groups excluding carboxylic acids is 1. The summed E-state index contributed by atoms with van der Waals surface area (Å²) in [4.78, 5) is 12.3. The summed E-state index contributed by atoms with van der Waals surface area (Å²) in [6.07, 6.45) is 3.86. The van der Waals surface area contributed by atoms with E-state index in [0.29, 0.717) is 16.8 Å². The second-order valence-corrected chi connectivity index (χ2v) is 7.21. The molecule has 0 aliphatic rings. The van der Waals surface area contributed by atoms with Gasteiger partial charge in [0.05, 0.1) is 5.75 Å². The molecule has 128 valence electrons. The molecule has 3 N–H and O–H groups in total. The maximum atomic E-state index is 12.3. The molecule has 25 heavy (non-hydrogen) atoms. The lowest BCUT2D eigenvalue weighted by molar-refractivity contribution is 0.102. The number of hydrogen-bond donors (Lipinski definition) is 2. The van der Waals surface area contributed by atoms with Gasteiger partial charge in [-0.2, -0.15) is 0 Å². The summed E-state index contributed by atoms with van der Waals surface area (Å²) in [7, 11) is -3.57. The van der Waals surface area contributed by atoms with E-state index in [1.807, 2.05) is 41.2 Å². The molecule has 1 amide bonds. The zero-order valence-electron chi connectivity index (χ0n) is 13.3. The Bertz CT molecular complexity index is 961. The van der Waals surface area contributed by atoms with Crippen molar-refractivity contribution in [3.05, 3.63) is 84.2 Å². The zero-order valence-corrected chi connectivity index (χ0v) is 14.1. The van der Waals surface area contributed by atoms with Crippen LogP contribution in [0.2, 0.25) is 0 Å². The molecular formula is C18H17N3O3S. The maximum Gasteiger partial charge on any atom is 0.255 e. The highest BCUT2D eigenvalue weighted by Crippen LogP contribution is 2.14. The third-order valence-corrected chi connectivity index (χ3v) is 4.35. The largest absolute Gasteiger partial charge is 0.324 e. The van der Waals surface area contributed by atoms with Gasteiger partial charge in [0.15, 0.2) is 0 Å². The van der Waals surface area contributed by atoms with Crippen LogP contribution in [-0.2, 0) is 15.8 Å². The molecule has 0 fully saturated rings. The lowest BCUT2D eigenvalue weighted by Gasteiger charge is -2.08. The first-order chi connectivity index (χ1) is 11.9. The molecule has 0 saturated heterocycles. The lowest BCUT2D eigenvalue weighted by atomic mass is 10.1. The van der Waals surface area contributed by atoms with Crippen molar-refractivity contribution in [2.45, 2.75) is 5.75 Å². The Morgan fingerprint density at radius 3 is 2.12 bits per heavy atom. The van der Waals surface area contributed by atoms with Crippen molar-refractivity contribution in [3.8, 4) is 5.69 Å². The van der Waals surface area contributed by atoms with E-state index in [1.165, 1.54) is 0 Å². The SMILES string of the molecule is NS(=O)(=O)Cc1ccc(NC(=O)c2ccc(-n3cccc3)cc2)cc1. The van der Waals surface area contributed by atoms with Crippen LogP contribution in [0.15, 0.2) is 73.1 Å². The van der Waals surface area contributed by atoms with E-state index in [1.54, 1.807) is 36.4 Å². The number of rotatable bonds is 5. The highest BCUT2D eigenvalue weighted by atomic mass is 32.2. The Labute approximate surface area is 146 Å². The smallest absolute Gasteiger partial charge is 0.255 e. The number of sulfonamides is 1. The molecular weight excluding hydrogens is 338 g/mol. The van der Waals surface area contributed by atoms with Crippen LogP contribution in [0, 0.1) is 0 Å². The van der Waals surface area contributed by atoms with Crippen LogP contribution in [0.3, 0.4) is 0 Å². The normalized spacial score (nSPS) is 11.2. The number of nitrogens with two attached hydrogens (primary N) is 1. The standard InChI is InChI=1S/C18H17N3O3S/c19-25(23,24)13-14-3-7-16(8-4-14)20-18(22)15-5-9-17(10-6-15)21-11-1-2-12-21/h1-12H,13H2,(H,20,22)(H2,19,23,24). The summed E-state index contributed by atoms with van der Waals surface area (Å²) < 4.78 is 24.1. The van der Waals surface area contributed by atoms with Crippen LogP contribution in [0.1, 0.15) is 15.9 Å². The summed E-state index contributed by atoms with van der Waals surface area (Å²) in [6.45, 7) is 0. The quantitative estimate of drug-likeness (QED) is 0.736. The van der Waals surface area contributed by atoms with Crippen LogP contribution < -0.4 is 10.5 Å². The number of amides is 1. The van der Waals surface area contributed by atoms with E-state index < -0.39 is 10.0 Å². The molecule has 0 bridgehead atoms. The molecule has 1 aromatic heterocycles. The third kappa shape index (κ3) is 4.56. The van der Waals surface area contributed by atoms with Crippen molar-refractivity contribution in [2.75, 3.05) is 5.32 Å². The predicted molar refractivity (Wildman–Crippen MR) is 97.0 cm³/mol. The summed E-state index contributed by atoms with van der Waals surface area (Å²) >= 11 is 0. The molecule has 7 heteroatoms. The second-order valence-electron chi connectivity index (χ2n) is 5.60. The average Bonchev–Trinajstić information content (AvgIpc) is 3.10. The van der Waals surface area contributed by atoms with Crippen molar-refractivity contribution in [1.29, 1.82) is 0 Å². The first kappa shape index (κ1) is 16.9. The molecule has 0 unspecified atom stereocenters. The van der Waals surface area contributed by atoms with Crippen LogP contribution in [-0.4, -0.2) is 18.9 Å². The molecule has 0 aliphatic heterocycles. The Hall–Kier alpha value is -2.90. The molecule has 2 aromatic carbocycles. The number of benzene rings is 2. The average molecular weight is 355 g/mol. The van der Waals surface area contributed by atoms with Gasteiger partial charge in [0, 0.05) is 29.3 Å². The van der Waals surface area contributed by atoms with Gasteiger partial charge in [-0.25, -0.2) is 13.6 Å². The number of nitrogens with one attached hydrogen (secondary N) is 1. The van der Waals surface area contributed by atoms with E-state index in [9.17, 15) is 13.2 Å². The number of carbonyl (C=O) groups is 1. The number of anilines is 1. The Kier molecular flexibility index (Phi) is 4.69. The molecule has 3 rings (SSSR count). The van der Waals surface area contributed by atoms with Crippen molar-refractivity contribution < 1.29 is 13.2 Å². The second kappa shape index (κ2) is 6.92. The van der Waals surface area contributed by atoms with Gasteiger partial charge in [0.2, 0.25) is 10.0 Å². The Morgan fingerprint density at radius 1 is 0.960 bits per heavy atom. The van der Waals surface area contributed by atoms with Gasteiger partial charge in [-0.15, -0.1) is 0 Å². The van der Waals surface area contributed by atoms with E-state index in [2.05, 4.69) is 5.32 Å². The molecule has 3 aromatic rings. The summed E-state index contributed by atoms with van der Waals surface area (Å²) in [6, 6.07) is 17.6. The summed E-state index contributed by atoms with van der Waals surface area (Å²) in [5.74, 6) is -0.472. The van der Waals surface area contributed by atoms with Gasteiger partial charge in [-0.3, -0.25) is 4.79 Å². The number of aromatic nitrogens is 1. The number of hydrogen-bond acceptors (Lipinski definition) is 3. The zero-order chi connectivity index (χ0) is 17.9. The fourth-order valence-electron chi connectivity index (χ4n) is 2.41. The molecule has 0 aliphatic carbocycles. The minimum absolute atomic E-state index is 0.234. The van der Waals surface area contributed by atoms with Gasteiger partial charge < -0.3 is 9.88 Å². The minimum atomic E-state index is -3.57. The fraction of sp³-hybridized carbons (Fsp3) is 0.0556. The highest BCUT2D eigenvalue weighted by Gasteiger charge is 2.08. The lowest BCUT2D eigenvalue weighted by Crippen LogP contribution is -2.15. The molecule has 0 saturated carbocycles. The number of nitrogens with zero attached hydrogens (tertiary/aromatic N) is 1. The van der Waals surface area contributed by atoms with Crippen molar-refractivity contribution in [1.82, 2.24) is 4.57 Å². The van der Waals surface area contributed by atoms with Gasteiger partial charge in [0.25, 0.3) is 5.91 Å². The van der Waals surface area contributed by atoms with Crippen molar-refractivity contribution >= 4 is 21.6 Å². The van der Waals surface area contributed by atoms with Gasteiger partial charge in [0.1, 0.15) is 0 Å². The highest BCUT2D eigenvalue weighted by molar-refractivity contribution is 7.88. The molecule has 1 heterocycles. The Balaban J connectivity index is 1.67. The summed E-state index contributed by atoms with van der Waals surface area (Å²) in [5.41, 5.74) is 2.65. The molecule has 0 spiro atoms.